The fourth-order valence-electron chi connectivity index (χ4n) is 1.92. The Hall–Kier alpha value is -0.800. The van der Waals surface area contributed by atoms with Crippen LogP contribution in [0.5, 0.6) is 0 Å². The van der Waals surface area contributed by atoms with Gasteiger partial charge in [-0.1, -0.05) is 35.8 Å². The van der Waals surface area contributed by atoms with Crippen molar-refractivity contribution in [3.05, 3.63) is 46.2 Å². The lowest BCUT2D eigenvalue weighted by Gasteiger charge is -2.12. The molecule has 17 heavy (non-hydrogen) atoms. The van der Waals surface area contributed by atoms with Gasteiger partial charge in [-0.3, -0.25) is 0 Å². The van der Waals surface area contributed by atoms with Crippen LogP contribution in [0.3, 0.4) is 0 Å². The monoisotopic (exact) mass is 312 g/mol. The molecule has 2 rings (SSSR count). The first-order valence-electron chi connectivity index (χ1n) is 5.52. The van der Waals surface area contributed by atoms with E-state index in [0.717, 1.165) is 15.7 Å². The second-order valence-corrected chi connectivity index (χ2v) is 5.42. The average Bonchev–Trinajstić information content (AvgIpc) is 2.72. The van der Waals surface area contributed by atoms with Crippen LogP contribution in [0.1, 0.15) is 31.0 Å². The summed E-state index contributed by atoms with van der Waals surface area (Å²) < 4.78 is 3.01. The van der Waals surface area contributed by atoms with Crippen molar-refractivity contribution in [1.82, 2.24) is 9.78 Å². The van der Waals surface area contributed by atoms with Gasteiger partial charge < -0.3 is 0 Å². The van der Waals surface area contributed by atoms with Crippen molar-refractivity contribution in [2.75, 3.05) is 0 Å². The lowest BCUT2D eigenvalue weighted by atomic mass is 10.1. The average molecular weight is 314 g/mol. The summed E-state index contributed by atoms with van der Waals surface area (Å²) in [6, 6.07) is 8.11. The van der Waals surface area contributed by atoms with Crippen molar-refractivity contribution in [1.29, 1.82) is 0 Å². The molecular formula is C13H14BrClN2. The van der Waals surface area contributed by atoms with Crippen LogP contribution >= 0.6 is 27.5 Å². The molecule has 0 aliphatic rings. The quantitative estimate of drug-likeness (QED) is 0.763. The van der Waals surface area contributed by atoms with Crippen LogP contribution in [0.15, 0.2) is 34.9 Å². The molecule has 0 bridgehead atoms. The number of hydrogen-bond donors (Lipinski definition) is 0. The van der Waals surface area contributed by atoms with E-state index in [1.807, 2.05) is 29.1 Å². The Morgan fingerprint density at radius 2 is 2.18 bits per heavy atom. The Morgan fingerprint density at radius 3 is 2.76 bits per heavy atom. The largest absolute Gasteiger partial charge is 0.237 e. The maximum Gasteiger partial charge on any atom is 0.0660 e. The molecule has 0 radical (unpaired) electrons. The van der Waals surface area contributed by atoms with Crippen molar-refractivity contribution in [3.8, 4) is 5.69 Å². The molecule has 1 heterocycles. The molecule has 0 unspecified atom stereocenters. The standard InChI is InChI=1S/C13H14BrClN2/c1-9(2)13-10(7-15)8-16-17(13)12-5-3-4-11(14)6-12/h3-6,8-9H,7H2,1-2H3. The van der Waals surface area contributed by atoms with Crippen LogP contribution in [0.4, 0.5) is 0 Å². The van der Waals surface area contributed by atoms with Gasteiger partial charge in [0.2, 0.25) is 0 Å². The molecule has 1 aromatic carbocycles. The van der Waals surface area contributed by atoms with Crippen molar-refractivity contribution < 1.29 is 0 Å². The minimum Gasteiger partial charge on any atom is -0.237 e. The van der Waals surface area contributed by atoms with Gasteiger partial charge in [0.15, 0.2) is 0 Å². The van der Waals surface area contributed by atoms with Gasteiger partial charge in [0.25, 0.3) is 0 Å². The summed E-state index contributed by atoms with van der Waals surface area (Å²) in [5.74, 6) is 0.895. The van der Waals surface area contributed by atoms with E-state index in [1.54, 1.807) is 0 Å². The van der Waals surface area contributed by atoms with E-state index in [-0.39, 0.29) is 0 Å². The van der Waals surface area contributed by atoms with Gasteiger partial charge in [0.1, 0.15) is 0 Å². The highest BCUT2D eigenvalue weighted by molar-refractivity contribution is 9.10. The fraction of sp³-hybridized carbons (Fsp3) is 0.308. The van der Waals surface area contributed by atoms with Gasteiger partial charge in [0.05, 0.1) is 23.5 Å². The van der Waals surface area contributed by atoms with E-state index < -0.39 is 0 Å². The topological polar surface area (TPSA) is 17.8 Å². The molecule has 0 spiro atoms. The van der Waals surface area contributed by atoms with Crippen molar-refractivity contribution in [2.24, 2.45) is 0 Å². The molecule has 0 N–H and O–H groups in total. The zero-order valence-electron chi connectivity index (χ0n) is 9.82. The van der Waals surface area contributed by atoms with Gasteiger partial charge in [-0.25, -0.2) is 4.68 Å². The number of halogens is 2. The smallest absolute Gasteiger partial charge is 0.0660 e. The van der Waals surface area contributed by atoms with Crippen LogP contribution in [0.25, 0.3) is 5.69 Å². The summed E-state index contributed by atoms with van der Waals surface area (Å²) in [6.45, 7) is 4.31. The molecule has 0 aliphatic carbocycles. The summed E-state index contributed by atoms with van der Waals surface area (Å²) in [5.41, 5.74) is 3.33. The van der Waals surface area contributed by atoms with Crippen molar-refractivity contribution in [2.45, 2.75) is 25.6 Å². The van der Waals surface area contributed by atoms with Gasteiger partial charge in [-0.2, -0.15) is 5.10 Å². The van der Waals surface area contributed by atoms with Crippen LogP contribution in [0, 0.1) is 0 Å². The number of aromatic nitrogens is 2. The Balaban J connectivity index is 2.56. The third-order valence-electron chi connectivity index (χ3n) is 2.63. The lowest BCUT2D eigenvalue weighted by Crippen LogP contribution is -2.05. The van der Waals surface area contributed by atoms with Crippen LogP contribution < -0.4 is 0 Å². The van der Waals surface area contributed by atoms with Gasteiger partial charge in [-0.05, 0) is 24.1 Å². The summed E-state index contributed by atoms with van der Waals surface area (Å²) in [5, 5.41) is 4.43. The molecule has 90 valence electrons. The Labute approximate surface area is 115 Å². The van der Waals surface area contributed by atoms with Gasteiger partial charge in [0, 0.05) is 10.0 Å². The second-order valence-electron chi connectivity index (χ2n) is 4.24. The first-order valence-corrected chi connectivity index (χ1v) is 6.85. The highest BCUT2D eigenvalue weighted by Gasteiger charge is 2.14. The molecule has 1 aromatic heterocycles. The fourth-order valence-corrected chi connectivity index (χ4v) is 2.52. The van der Waals surface area contributed by atoms with Gasteiger partial charge in [-0.15, -0.1) is 11.6 Å². The normalized spacial score (nSPS) is 11.1. The zero-order valence-corrected chi connectivity index (χ0v) is 12.2. The maximum absolute atomic E-state index is 5.95. The van der Waals surface area contributed by atoms with Gasteiger partial charge >= 0.3 is 0 Å². The predicted octanol–water partition coefficient (Wildman–Crippen LogP) is 4.50. The first-order chi connectivity index (χ1) is 8.13. The molecule has 2 nitrogen and oxygen atoms in total. The molecule has 2 aromatic rings. The third kappa shape index (κ3) is 2.55. The minimum atomic E-state index is 0.394. The predicted molar refractivity (Wildman–Crippen MR) is 74.9 cm³/mol. The Morgan fingerprint density at radius 1 is 1.41 bits per heavy atom. The van der Waals surface area contributed by atoms with E-state index in [0.29, 0.717) is 11.8 Å². The Bertz CT molecular complexity index is 520. The molecule has 0 atom stereocenters. The summed E-state index contributed by atoms with van der Waals surface area (Å²) in [4.78, 5) is 0. The Kier molecular flexibility index (Phi) is 3.89. The number of nitrogens with zero attached hydrogens (tertiary/aromatic N) is 2. The van der Waals surface area contributed by atoms with E-state index >= 15 is 0 Å². The number of alkyl halides is 1. The van der Waals surface area contributed by atoms with E-state index in [4.69, 9.17) is 11.6 Å². The van der Waals surface area contributed by atoms with Crippen LogP contribution in [-0.4, -0.2) is 9.78 Å². The molecule has 0 fully saturated rings. The minimum absolute atomic E-state index is 0.394. The van der Waals surface area contributed by atoms with E-state index in [2.05, 4.69) is 40.9 Å². The number of benzene rings is 1. The second kappa shape index (κ2) is 5.23. The number of rotatable bonds is 3. The molecule has 0 amide bonds. The summed E-state index contributed by atoms with van der Waals surface area (Å²) >= 11 is 9.42. The van der Waals surface area contributed by atoms with Crippen molar-refractivity contribution >= 4 is 27.5 Å². The zero-order chi connectivity index (χ0) is 12.4. The van der Waals surface area contributed by atoms with Crippen LogP contribution in [-0.2, 0) is 5.88 Å². The summed E-state index contributed by atoms with van der Waals surface area (Å²) in [6.07, 6.45) is 1.85. The molecule has 0 saturated heterocycles. The first kappa shape index (κ1) is 12.7. The van der Waals surface area contributed by atoms with E-state index in [9.17, 15) is 0 Å². The third-order valence-corrected chi connectivity index (χ3v) is 3.41. The van der Waals surface area contributed by atoms with Crippen molar-refractivity contribution in [3.63, 3.8) is 0 Å². The molecular weight excluding hydrogens is 300 g/mol. The highest BCUT2D eigenvalue weighted by Crippen LogP contribution is 2.25. The number of hydrogen-bond acceptors (Lipinski definition) is 1. The maximum atomic E-state index is 5.95. The molecule has 0 saturated carbocycles. The molecule has 0 aliphatic heterocycles. The SMILES string of the molecule is CC(C)c1c(CCl)cnn1-c1cccc(Br)c1. The molecule has 4 heteroatoms. The van der Waals surface area contributed by atoms with Crippen LogP contribution in [0.2, 0.25) is 0 Å². The van der Waals surface area contributed by atoms with E-state index in [1.165, 1.54) is 5.69 Å². The highest BCUT2D eigenvalue weighted by atomic mass is 79.9. The summed E-state index contributed by atoms with van der Waals surface area (Å²) in [7, 11) is 0. The lowest BCUT2D eigenvalue weighted by molar-refractivity contribution is 0.729.